The Bertz CT molecular complexity index is 439. The number of ketones is 1. The van der Waals surface area contributed by atoms with Crippen molar-refractivity contribution in [2.45, 2.75) is 26.7 Å². The molecule has 0 spiro atoms. The van der Waals surface area contributed by atoms with Gasteiger partial charge >= 0.3 is 0 Å². The average Bonchev–Trinajstić information content (AvgIpc) is 2.75. The van der Waals surface area contributed by atoms with Gasteiger partial charge in [0.15, 0.2) is 0 Å². The van der Waals surface area contributed by atoms with E-state index in [0.717, 1.165) is 12.1 Å². The second kappa shape index (κ2) is 4.69. The Kier molecular flexibility index (Phi) is 3.26. The fourth-order valence-corrected chi connectivity index (χ4v) is 2.19. The molecule has 17 heavy (non-hydrogen) atoms. The smallest absolute Gasteiger partial charge is 0.257 e. The van der Waals surface area contributed by atoms with Gasteiger partial charge in [-0.15, -0.1) is 0 Å². The molecule has 1 saturated heterocycles. The standard InChI is InChI=1S/C12H17N3O2/c1-3-9-7-15(5-4-11(9)16)12(17)10-6-13-14-8(10)2/h6,9H,3-5,7H2,1-2H3,(H,13,14). The van der Waals surface area contributed by atoms with Crippen LogP contribution in [0.4, 0.5) is 0 Å². The van der Waals surface area contributed by atoms with Gasteiger partial charge in [0.2, 0.25) is 0 Å². The van der Waals surface area contributed by atoms with Crippen LogP contribution in [0.3, 0.4) is 0 Å². The third-order valence-electron chi connectivity index (χ3n) is 3.36. The lowest BCUT2D eigenvalue weighted by Gasteiger charge is -2.31. The zero-order valence-corrected chi connectivity index (χ0v) is 10.2. The summed E-state index contributed by atoms with van der Waals surface area (Å²) in [6.45, 7) is 4.88. The fourth-order valence-electron chi connectivity index (χ4n) is 2.19. The van der Waals surface area contributed by atoms with Crippen molar-refractivity contribution < 1.29 is 9.59 Å². The quantitative estimate of drug-likeness (QED) is 0.836. The number of nitrogens with one attached hydrogen (secondary N) is 1. The molecule has 0 aromatic carbocycles. The van der Waals surface area contributed by atoms with Crippen LogP contribution in [0.5, 0.6) is 0 Å². The summed E-state index contributed by atoms with van der Waals surface area (Å²) in [5, 5.41) is 6.61. The molecule has 2 rings (SSSR count). The molecule has 1 unspecified atom stereocenters. The van der Waals surface area contributed by atoms with Gasteiger partial charge in [-0.05, 0) is 13.3 Å². The first-order chi connectivity index (χ1) is 8.13. The van der Waals surface area contributed by atoms with Gasteiger partial charge in [-0.25, -0.2) is 0 Å². The highest BCUT2D eigenvalue weighted by Crippen LogP contribution is 2.18. The Hall–Kier alpha value is -1.65. The Balaban J connectivity index is 2.11. The summed E-state index contributed by atoms with van der Waals surface area (Å²) in [7, 11) is 0. The maximum Gasteiger partial charge on any atom is 0.257 e. The molecule has 1 atom stereocenters. The summed E-state index contributed by atoms with van der Waals surface area (Å²) in [6, 6.07) is 0. The summed E-state index contributed by atoms with van der Waals surface area (Å²) in [5.41, 5.74) is 1.38. The minimum atomic E-state index is -0.0257. The predicted octanol–water partition coefficient (Wildman–Crippen LogP) is 1.16. The first kappa shape index (κ1) is 11.8. The van der Waals surface area contributed by atoms with Crippen molar-refractivity contribution in [1.82, 2.24) is 15.1 Å². The third-order valence-corrected chi connectivity index (χ3v) is 3.36. The number of carbonyl (C=O) groups is 2. The summed E-state index contributed by atoms with van der Waals surface area (Å²) in [4.78, 5) is 25.6. The van der Waals surface area contributed by atoms with Gasteiger partial charge in [0.05, 0.1) is 11.8 Å². The van der Waals surface area contributed by atoms with Crippen molar-refractivity contribution in [2.24, 2.45) is 5.92 Å². The third kappa shape index (κ3) is 2.23. The maximum absolute atomic E-state index is 12.2. The van der Waals surface area contributed by atoms with E-state index in [2.05, 4.69) is 10.2 Å². The SMILES string of the molecule is CCC1CN(C(=O)c2cn[nH]c2C)CCC1=O. The number of aromatic amines is 1. The van der Waals surface area contributed by atoms with Crippen molar-refractivity contribution in [3.8, 4) is 0 Å². The van der Waals surface area contributed by atoms with E-state index in [9.17, 15) is 9.59 Å². The number of likely N-dealkylation sites (tertiary alicyclic amines) is 1. The second-order valence-corrected chi connectivity index (χ2v) is 4.48. The van der Waals surface area contributed by atoms with Gasteiger partial charge in [-0.3, -0.25) is 14.7 Å². The molecule has 1 fully saturated rings. The molecule has 1 aliphatic heterocycles. The van der Waals surface area contributed by atoms with Gasteiger partial charge < -0.3 is 4.90 Å². The number of hydrogen-bond acceptors (Lipinski definition) is 3. The van der Waals surface area contributed by atoms with Crippen LogP contribution in [0.1, 0.15) is 35.8 Å². The van der Waals surface area contributed by atoms with Crippen LogP contribution in [0, 0.1) is 12.8 Å². The molecular formula is C12H17N3O2. The molecule has 0 bridgehead atoms. The summed E-state index contributed by atoms with van der Waals surface area (Å²) < 4.78 is 0. The van der Waals surface area contributed by atoms with Gasteiger partial charge in [0.25, 0.3) is 5.91 Å². The number of H-pyrrole nitrogens is 1. The van der Waals surface area contributed by atoms with Crippen molar-refractivity contribution >= 4 is 11.7 Å². The van der Waals surface area contributed by atoms with Crippen molar-refractivity contribution in [1.29, 1.82) is 0 Å². The van der Waals surface area contributed by atoms with Gasteiger partial charge in [0, 0.05) is 31.1 Å². The minimum Gasteiger partial charge on any atom is -0.337 e. The number of aryl methyl sites for hydroxylation is 1. The van der Waals surface area contributed by atoms with Crippen molar-refractivity contribution in [2.75, 3.05) is 13.1 Å². The van der Waals surface area contributed by atoms with E-state index in [1.54, 1.807) is 11.1 Å². The van der Waals surface area contributed by atoms with Crippen molar-refractivity contribution in [3.63, 3.8) is 0 Å². The molecule has 1 aromatic heterocycles. The van der Waals surface area contributed by atoms with E-state index in [1.807, 2.05) is 13.8 Å². The lowest BCUT2D eigenvalue weighted by atomic mass is 9.94. The number of rotatable bonds is 2. The molecular weight excluding hydrogens is 218 g/mol. The molecule has 0 saturated carbocycles. The van der Waals surface area contributed by atoms with Crippen LogP contribution >= 0.6 is 0 Å². The molecule has 1 aromatic rings. The molecule has 2 heterocycles. The zero-order chi connectivity index (χ0) is 12.4. The van der Waals surface area contributed by atoms with E-state index in [-0.39, 0.29) is 17.6 Å². The molecule has 92 valence electrons. The predicted molar refractivity (Wildman–Crippen MR) is 62.6 cm³/mol. The number of amides is 1. The van der Waals surface area contributed by atoms with Crippen LogP contribution < -0.4 is 0 Å². The lowest BCUT2D eigenvalue weighted by molar-refractivity contribution is -0.125. The highest BCUT2D eigenvalue weighted by atomic mass is 16.2. The second-order valence-electron chi connectivity index (χ2n) is 4.48. The molecule has 0 radical (unpaired) electrons. The fraction of sp³-hybridized carbons (Fsp3) is 0.583. The monoisotopic (exact) mass is 235 g/mol. The lowest BCUT2D eigenvalue weighted by Crippen LogP contribution is -2.44. The molecule has 1 amide bonds. The Labute approximate surface area is 100 Å². The number of hydrogen-bond donors (Lipinski definition) is 1. The van der Waals surface area contributed by atoms with Gasteiger partial charge in [0.1, 0.15) is 5.78 Å². The van der Waals surface area contributed by atoms with Crippen LogP contribution in [0.25, 0.3) is 0 Å². The minimum absolute atomic E-state index is 0.0000860. The highest BCUT2D eigenvalue weighted by Gasteiger charge is 2.29. The molecule has 1 N–H and O–H groups in total. The van der Waals surface area contributed by atoms with E-state index in [1.165, 1.54) is 0 Å². The molecule has 5 nitrogen and oxygen atoms in total. The topological polar surface area (TPSA) is 66.1 Å². The number of carbonyl (C=O) groups excluding carboxylic acids is 2. The first-order valence-electron chi connectivity index (χ1n) is 5.95. The summed E-state index contributed by atoms with van der Waals surface area (Å²) >= 11 is 0. The van der Waals surface area contributed by atoms with E-state index >= 15 is 0 Å². The van der Waals surface area contributed by atoms with E-state index in [4.69, 9.17) is 0 Å². The van der Waals surface area contributed by atoms with Crippen LogP contribution in [-0.4, -0.2) is 39.9 Å². The highest BCUT2D eigenvalue weighted by molar-refractivity contribution is 5.96. The Morgan fingerprint density at radius 1 is 1.65 bits per heavy atom. The number of piperidine rings is 1. The van der Waals surface area contributed by atoms with Crippen LogP contribution in [-0.2, 0) is 4.79 Å². The van der Waals surface area contributed by atoms with Gasteiger partial charge in [-0.2, -0.15) is 5.10 Å². The number of Topliss-reactive ketones (excluding diaryl/α,β-unsaturated/α-hetero) is 1. The Morgan fingerprint density at radius 3 is 3.00 bits per heavy atom. The summed E-state index contributed by atoms with van der Waals surface area (Å²) in [5.74, 6) is 0.252. The molecule has 1 aliphatic rings. The molecule has 0 aliphatic carbocycles. The molecule has 5 heteroatoms. The first-order valence-corrected chi connectivity index (χ1v) is 5.95. The normalized spacial score (nSPS) is 20.7. The maximum atomic E-state index is 12.2. The van der Waals surface area contributed by atoms with E-state index < -0.39 is 0 Å². The van der Waals surface area contributed by atoms with E-state index in [0.29, 0.717) is 25.1 Å². The number of aromatic nitrogens is 2. The Morgan fingerprint density at radius 2 is 2.41 bits per heavy atom. The van der Waals surface area contributed by atoms with Crippen LogP contribution in [0.2, 0.25) is 0 Å². The van der Waals surface area contributed by atoms with Crippen LogP contribution in [0.15, 0.2) is 6.20 Å². The summed E-state index contributed by atoms with van der Waals surface area (Å²) in [6.07, 6.45) is 2.82. The largest absolute Gasteiger partial charge is 0.337 e. The number of nitrogens with zero attached hydrogens (tertiary/aromatic N) is 2. The zero-order valence-electron chi connectivity index (χ0n) is 10.2. The van der Waals surface area contributed by atoms with Crippen molar-refractivity contribution in [3.05, 3.63) is 17.5 Å². The van der Waals surface area contributed by atoms with Gasteiger partial charge in [-0.1, -0.05) is 6.92 Å². The average molecular weight is 235 g/mol.